The fraction of sp³-hybridized carbons (Fsp3) is 0.909. The minimum Gasteiger partial charge on any atom is -0.339 e. The Morgan fingerprint density at radius 2 is 1.87 bits per heavy atom. The van der Waals surface area contributed by atoms with Gasteiger partial charge in [-0.2, -0.15) is 0 Å². The van der Waals surface area contributed by atoms with Crippen molar-refractivity contribution in [2.45, 2.75) is 31.8 Å². The Hall–Kier alpha value is -0.610. The van der Waals surface area contributed by atoms with Crippen molar-refractivity contribution >= 4 is 5.91 Å². The normalized spacial score (nSPS) is 25.3. The van der Waals surface area contributed by atoms with Crippen molar-refractivity contribution in [3.63, 3.8) is 0 Å². The molecule has 0 aromatic rings. The predicted octanol–water partition coefficient (Wildman–Crippen LogP) is -0.0991. The largest absolute Gasteiger partial charge is 0.339 e. The first-order valence-corrected chi connectivity index (χ1v) is 5.90. The van der Waals surface area contributed by atoms with Gasteiger partial charge >= 0.3 is 0 Å². The summed E-state index contributed by atoms with van der Waals surface area (Å²) >= 11 is 0. The minimum absolute atomic E-state index is 0.000839. The van der Waals surface area contributed by atoms with Gasteiger partial charge in [-0.05, 0) is 26.8 Å². The van der Waals surface area contributed by atoms with E-state index >= 15 is 0 Å². The molecule has 0 aromatic carbocycles. The van der Waals surface area contributed by atoms with Gasteiger partial charge in [0.1, 0.15) is 0 Å². The van der Waals surface area contributed by atoms with Crippen molar-refractivity contribution in [3.8, 4) is 0 Å². The molecule has 1 heterocycles. The number of carbonyl (C=O) groups is 1. The Morgan fingerprint density at radius 1 is 1.27 bits per heavy atom. The molecular weight excluding hydrogens is 190 g/mol. The number of nitrogens with zero attached hydrogens (tertiary/aromatic N) is 2. The second kappa shape index (κ2) is 4.49. The molecule has 1 saturated carbocycles. The van der Waals surface area contributed by atoms with Gasteiger partial charge < -0.3 is 15.1 Å². The maximum atomic E-state index is 12.0. The standard InChI is InChI=1S/C11H21N3O/c1-9(12-10-3-4-10)11(15)14-7-5-13(2)6-8-14/h9-10,12H,3-8H2,1-2H3. The molecule has 0 radical (unpaired) electrons. The van der Waals surface area contributed by atoms with E-state index in [0.29, 0.717) is 6.04 Å². The lowest BCUT2D eigenvalue weighted by Crippen LogP contribution is -2.52. The van der Waals surface area contributed by atoms with Crippen LogP contribution >= 0.6 is 0 Å². The van der Waals surface area contributed by atoms with Crippen LogP contribution in [0.4, 0.5) is 0 Å². The summed E-state index contributed by atoms with van der Waals surface area (Å²) in [5.41, 5.74) is 0. The molecule has 2 fully saturated rings. The summed E-state index contributed by atoms with van der Waals surface area (Å²) in [6, 6.07) is 0.609. The van der Waals surface area contributed by atoms with Gasteiger partial charge in [0.15, 0.2) is 0 Å². The van der Waals surface area contributed by atoms with Gasteiger partial charge in [-0.15, -0.1) is 0 Å². The van der Waals surface area contributed by atoms with Crippen LogP contribution in [0.3, 0.4) is 0 Å². The van der Waals surface area contributed by atoms with Crippen LogP contribution in [0.25, 0.3) is 0 Å². The lowest BCUT2D eigenvalue weighted by atomic mass is 10.2. The third-order valence-corrected chi connectivity index (χ3v) is 3.25. The number of likely N-dealkylation sites (N-methyl/N-ethyl adjacent to an activating group) is 1. The molecule has 2 rings (SSSR count). The van der Waals surface area contributed by atoms with E-state index in [1.807, 2.05) is 11.8 Å². The van der Waals surface area contributed by atoms with Crippen molar-refractivity contribution in [1.82, 2.24) is 15.1 Å². The molecule has 1 amide bonds. The summed E-state index contributed by atoms with van der Waals surface area (Å²) < 4.78 is 0. The van der Waals surface area contributed by atoms with Gasteiger partial charge in [0.25, 0.3) is 0 Å². The Balaban J connectivity index is 1.78. The zero-order valence-electron chi connectivity index (χ0n) is 9.70. The maximum absolute atomic E-state index is 12.0. The first kappa shape index (κ1) is 10.9. The van der Waals surface area contributed by atoms with E-state index in [0.717, 1.165) is 26.2 Å². The van der Waals surface area contributed by atoms with Gasteiger partial charge in [0, 0.05) is 32.2 Å². The molecule has 15 heavy (non-hydrogen) atoms. The van der Waals surface area contributed by atoms with Crippen LogP contribution in [0.5, 0.6) is 0 Å². The van der Waals surface area contributed by atoms with Gasteiger partial charge in [-0.1, -0.05) is 0 Å². The van der Waals surface area contributed by atoms with Gasteiger partial charge in [0.2, 0.25) is 5.91 Å². The van der Waals surface area contributed by atoms with Crippen molar-refractivity contribution in [3.05, 3.63) is 0 Å². The maximum Gasteiger partial charge on any atom is 0.239 e. The summed E-state index contributed by atoms with van der Waals surface area (Å²) in [5, 5.41) is 3.36. The van der Waals surface area contributed by atoms with Crippen LogP contribution in [0, 0.1) is 0 Å². The van der Waals surface area contributed by atoms with Crippen LogP contribution in [-0.2, 0) is 4.79 Å². The highest BCUT2D eigenvalue weighted by molar-refractivity contribution is 5.81. The van der Waals surface area contributed by atoms with Crippen molar-refractivity contribution in [1.29, 1.82) is 0 Å². The molecule has 2 aliphatic rings. The van der Waals surface area contributed by atoms with E-state index in [-0.39, 0.29) is 11.9 Å². The van der Waals surface area contributed by atoms with E-state index in [1.54, 1.807) is 0 Å². The zero-order valence-corrected chi connectivity index (χ0v) is 9.70. The molecule has 0 bridgehead atoms. The van der Waals surface area contributed by atoms with E-state index in [1.165, 1.54) is 12.8 Å². The van der Waals surface area contributed by atoms with Gasteiger partial charge in [-0.3, -0.25) is 4.79 Å². The smallest absolute Gasteiger partial charge is 0.239 e. The Labute approximate surface area is 91.6 Å². The molecule has 1 unspecified atom stereocenters. The van der Waals surface area contributed by atoms with Crippen LogP contribution in [-0.4, -0.2) is 61.0 Å². The monoisotopic (exact) mass is 211 g/mol. The quantitative estimate of drug-likeness (QED) is 0.708. The van der Waals surface area contributed by atoms with E-state index < -0.39 is 0 Å². The van der Waals surface area contributed by atoms with Crippen molar-refractivity contribution < 1.29 is 4.79 Å². The summed E-state index contributed by atoms with van der Waals surface area (Å²) in [7, 11) is 2.10. The fourth-order valence-electron chi connectivity index (χ4n) is 1.98. The molecule has 0 spiro atoms. The van der Waals surface area contributed by atoms with Crippen LogP contribution in [0.1, 0.15) is 19.8 Å². The van der Waals surface area contributed by atoms with E-state index in [4.69, 9.17) is 0 Å². The average Bonchev–Trinajstić information content (AvgIpc) is 3.02. The molecule has 1 saturated heterocycles. The topological polar surface area (TPSA) is 35.6 Å². The number of rotatable bonds is 3. The van der Waals surface area contributed by atoms with E-state index in [2.05, 4.69) is 17.3 Å². The SMILES string of the molecule is CC(NC1CC1)C(=O)N1CCN(C)CC1. The van der Waals surface area contributed by atoms with Gasteiger partial charge in [0.05, 0.1) is 6.04 Å². The zero-order chi connectivity index (χ0) is 10.8. The van der Waals surface area contributed by atoms with Crippen molar-refractivity contribution in [2.24, 2.45) is 0 Å². The third kappa shape index (κ3) is 2.92. The molecule has 4 nitrogen and oxygen atoms in total. The second-order valence-electron chi connectivity index (χ2n) is 4.79. The third-order valence-electron chi connectivity index (χ3n) is 3.25. The highest BCUT2D eigenvalue weighted by atomic mass is 16.2. The molecule has 4 heteroatoms. The Bertz CT molecular complexity index is 232. The second-order valence-corrected chi connectivity index (χ2v) is 4.79. The first-order chi connectivity index (χ1) is 7.16. The number of piperazine rings is 1. The molecule has 86 valence electrons. The van der Waals surface area contributed by atoms with Crippen LogP contribution in [0.2, 0.25) is 0 Å². The number of hydrogen-bond acceptors (Lipinski definition) is 3. The van der Waals surface area contributed by atoms with Crippen LogP contribution in [0.15, 0.2) is 0 Å². The summed E-state index contributed by atoms with van der Waals surface area (Å²) in [6.45, 7) is 5.75. The Kier molecular flexibility index (Phi) is 3.26. The number of carbonyl (C=O) groups excluding carboxylic acids is 1. The molecule has 1 aliphatic carbocycles. The average molecular weight is 211 g/mol. The molecule has 1 atom stereocenters. The minimum atomic E-state index is 0.000839. The molecule has 0 aromatic heterocycles. The summed E-state index contributed by atoms with van der Waals surface area (Å²) in [4.78, 5) is 16.3. The molecular formula is C11H21N3O. The fourth-order valence-corrected chi connectivity index (χ4v) is 1.98. The number of amides is 1. The molecule has 1 N–H and O–H groups in total. The summed E-state index contributed by atoms with van der Waals surface area (Å²) in [6.07, 6.45) is 2.47. The highest BCUT2D eigenvalue weighted by Crippen LogP contribution is 2.19. The predicted molar refractivity (Wildman–Crippen MR) is 59.7 cm³/mol. The van der Waals surface area contributed by atoms with E-state index in [9.17, 15) is 4.79 Å². The molecule has 1 aliphatic heterocycles. The number of hydrogen-bond donors (Lipinski definition) is 1. The van der Waals surface area contributed by atoms with Crippen molar-refractivity contribution in [2.75, 3.05) is 33.2 Å². The Morgan fingerprint density at radius 3 is 2.40 bits per heavy atom. The first-order valence-electron chi connectivity index (χ1n) is 5.90. The lowest BCUT2D eigenvalue weighted by Gasteiger charge is -2.34. The number of nitrogens with one attached hydrogen (secondary N) is 1. The highest BCUT2D eigenvalue weighted by Gasteiger charge is 2.28. The van der Waals surface area contributed by atoms with Gasteiger partial charge in [-0.25, -0.2) is 0 Å². The lowest BCUT2D eigenvalue weighted by molar-refractivity contribution is -0.134. The summed E-state index contributed by atoms with van der Waals surface area (Å²) in [5.74, 6) is 0.273. The van der Waals surface area contributed by atoms with Crippen LogP contribution < -0.4 is 5.32 Å².